The fourth-order valence-electron chi connectivity index (χ4n) is 3.51. The summed E-state index contributed by atoms with van der Waals surface area (Å²) in [6.45, 7) is 4.25. The number of hydrogen-bond donors (Lipinski definition) is 0. The van der Waals surface area contributed by atoms with Crippen molar-refractivity contribution < 1.29 is 4.92 Å². The van der Waals surface area contributed by atoms with E-state index in [2.05, 4.69) is 66.2 Å². The number of halogens is 1. The topological polar surface area (TPSA) is 43.1 Å². The SMILES string of the molecule is CC(C)C1C=C([N+](=O)[O-])C=C(Br)C1Cc1cccc2ccccc12. The lowest BCUT2D eigenvalue weighted by molar-refractivity contribution is -0.420. The van der Waals surface area contributed by atoms with E-state index in [4.69, 9.17) is 0 Å². The van der Waals surface area contributed by atoms with Crippen molar-refractivity contribution in [3.8, 4) is 0 Å². The molecule has 0 bridgehead atoms. The van der Waals surface area contributed by atoms with Crippen LogP contribution in [0, 0.1) is 27.9 Å². The van der Waals surface area contributed by atoms with Gasteiger partial charge in [0.25, 0.3) is 5.70 Å². The van der Waals surface area contributed by atoms with Crippen molar-refractivity contribution in [2.24, 2.45) is 17.8 Å². The molecule has 0 saturated heterocycles. The lowest BCUT2D eigenvalue weighted by atomic mass is 9.76. The average Bonchev–Trinajstić information content (AvgIpc) is 2.56. The van der Waals surface area contributed by atoms with Crippen molar-refractivity contribution in [1.82, 2.24) is 0 Å². The summed E-state index contributed by atoms with van der Waals surface area (Å²) < 4.78 is 0.920. The zero-order valence-corrected chi connectivity index (χ0v) is 15.4. The predicted molar refractivity (Wildman–Crippen MR) is 102 cm³/mol. The van der Waals surface area contributed by atoms with Crippen molar-refractivity contribution in [3.05, 3.63) is 80.5 Å². The smallest absolute Gasteiger partial charge is 0.258 e. The maximum absolute atomic E-state index is 11.2. The van der Waals surface area contributed by atoms with Crippen LogP contribution in [0.4, 0.5) is 0 Å². The van der Waals surface area contributed by atoms with E-state index in [9.17, 15) is 10.1 Å². The minimum Gasteiger partial charge on any atom is -0.258 e. The summed E-state index contributed by atoms with van der Waals surface area (Å²) in [5.74, 6) is 0.699. The second kappa shape index (κ2) is 6.89. The largest absolute Gasteiger partial charge is 0.266 e. The molecule has 2 aromatic carbocycles. The molecule has 2 unspecified atom stereocenters. The highest BCUT2D eigenvalue weighted by atomic mass is 79.9. The molecule has 4 heteroatoms. The Kier molecular flexibility index (Phi) is 4.86. The van der Waals surface area contributed by atoms with Gasteiger partial charge in [-0.15, -0.1) is 0 Å². The van der Waals surface area contributed by atoms with Gasteiger partial charge in [0.1, 0.15) is 0 Å². The third kappa shape index (κ3) is 3.29. The van der Waals surface area contributed by atoms with Crippen molar-refractivity contribution in [2.45, 2.75) is 20.3 Å². The normalized spacial score (nSPS) is 20.8. The van der Waals surface area contributed by atoms with E-state index in [0.29, 0.717) is 5.92 Å². The number of nitrogens with zero attached hydrogens (tertiary/aromatic N) is 1. The van der Waals surface area contributed by atoms with Crippen LogP contribution in [0.5, 0.6) is 0 Å². The standard InChI is InChI=1S/C20H20BrNO2/c1-13(2)18-11-16(22(23)24)12-20(21)19(18)10-15-8-5-7-14-6-3-4-9-17(14)15/h3-9,11-13,18-19H,10H2,1-2H3. The third-order valence-corrected chi connectivity index (χ3v) is 5.59. The molecule has 2 aromatic rings. The number of nitro groups is 1. The van der Waals surface area contributed by atoms with Gasteiger partial charge in [-0.25, -0.2) is 0 Å². The number of hydrogen-bond acceptors (Lipinski definition) is 2. The summed E-state index contributed by atoms with van der Waals surface area (Å²) in [5, 5.41) is 13.7. The van der Waals surface area contributed by atoms with Crippen LogP contribution >= 0.6 is 15.9 Å². The maximum atomic E-state index is 11.2. The van der Waals surface area contributed by atoms with Crippen LogP contribution in [0.15, 0.2) is 64.8 Å². The molecule has 3 nitrogen and oxygen atoms in total. The Bertz CT molecular complexity index is 833. The molecule has 124 valence electrons. The molecule has 0 radical (unpaired) electrons. The molecule has 2 atom stereocenters. The first kappa shape index (κ1) is 16.9. The van der Waals surface area contributed by atoms with Crippen LogP contribution in [0.25, 0.3) is 10.8 Å². The fraction of sp³-hybridized carbons (Fsp3) is 0.300. The quantitative estimate of drug-likeness (QED) is 0.498. The van der Waals surface area contributed by atoms with E-state index in [1.165, 1.54) is 16.3 Å². The molecule has 0 N–H and O–H groups in total. The van der Waals surface area contributed by atoms with Gasteiger partial charge in [-0.1, -0.05) is 72.2 Å². The highest BCUT2D eigenvalue weighted by Crippen LogP contribution is 2.40. The van der Waals surface area contributed by atoms with Crippen LogP contribution in [0.3, 0.4) is 0 Å². The van der Waals surface area contributed by atoms with Crippen LogP contribution in [0.2, 0.25) is 0 Å². The van der Waals surface area contributed by atoms with Crippen molar-refractivity contribution >= 4 is 26.7 Å². The minimum atomic E-state index is -0.301. The highest BCUT2D eigenvalue weighted by Gasteiger charge is 2.32. The van der Waals surface area contributed by atoms with Crippen molar-refractivity contribution in [2.75, 3.05) is 0 Å². The van der Waals surface area contributed by atoms with Crippen LogP contribution in [0.1, 0.15) is 19.4 Å². The fourth-order valence-corrected chi connectivity index (χ4v) is 4.21. The van der Waals surface area contributed by atoms with Gasteiger partial charge in [-0.05, 0) is 40.7 Å². The van der Waals surface area contributed by atoms with E-state index < -0.39 is 0 Å². The van der Waals surface area contributed by atoms with Gasteiger partial charge in [0.2, 0.25) is 0 Å². The Hall–Kier alpha value is -1.94. The number of fused-ring (bicyclic) bond motifs is 1. The zero-order chi connectivity index (χ0) is 17.3. The van der Waals surface area contributed by atoms with Crippen LogP contribution in [-0.4, -0.2) is 4.92 Å². The second-order valence-corrected chi connectivity index (χ2v) is 7.56. The predicted octanol–water partition coefficient (Wildman–Crippen LogP) is 5.72. The highest BCUT2D eigenvalue weighted by molar-refractivity contribution is 9.11. The van der Waals surface area contributed by atoms with Gasteiger partial charge in [0.05, 0.1) is 4.92 Å². The molecule has 1 aliphatic rings. The summed E-state index contributed by atoms with van der Waals surface area (Å²) >= 11 is 3.61. The Morgan fingerprint density at radius 1 is 1.17 bits per heavy atom. The molecule has 0 spiro atoms. The molecule has 0 aliphatic heterocycles. The summed E-state index contributed by atoms with van der Waals surface area (Å²) in [5.41, 5.74) is 1.47. The van der Waals surface area contributed by atoms with E-state index in [0.717, 1.165) is 10.9 Å². The number of benzene rings is 2. The monoisotopic (exact) mass is 385 g/mol. The second-order valence-electron chi connectivity index (χ2n) is 6.65. The molecular formula is C20H20BrNO2. The first-order valence-electron chi connectivity index (χ1n) is 8.17. The molecule has 0 fully saturated rings. The van der Waals surface area contributed by atoms with Crippen LogP contribution in [-0.2, 0) is 6.42 Å². The average molecular weight is 386 g/mol. The molecule has 24 heavy (non-hydrogen) atoms. The van der Waals surface area contributed by atoms with Gasteiger partial charge in [-0.2, -0.15) is 0 Å². The van der Waals surface area contributed by atoms with E-state index in [1.807, 2.05) is 12.1 Å². The minimum absolute atomic E-state index is 0.142. The molecule has 0 saturated carbocycles. The zero-order valence-electron chi connectivity index (χ0n) is 13.8. The number of rotatable bonds is 4. The first-order valence-corrected chi connectivity index (χ1v) is 8.96. The Morgan fingerprint density at radius 3 is 2.58 bits per heavy atom. The van der Waals surface area contributed by atoms with Crippen LogP contribution < -0.4 is 0 Å². The summed E-state index contributed by atoms with van der Waals surface area (Å²) in [4.78, 5) is 10.9. The Labute approximate surface area is 150 Å². The first-order chi connectivity index (χ1) is 11.5. The van der Waals surface area contributed by atoms with Gasteiger partial charge in [-0.3, -0.25) is 10.1 Å². The van der Waals surface area contributed by atoms with Gasteiger partial charge in [0, 0.05) is 16.5 Å². The maximum Gasteiger partial charge on any atom is 0.266 e. The number of allylic oxidation sites excluding steroid dienone is 3. The lowest BCUT2D eigenvalue weighted by Crippen LogP contribution is -2.25. The summed E-state index contributed by atoms with van der Waals surface area (Å²) in [6, 6.07) is 14.7. The van der Waals surface area contributed by atoms with E-state index >= 15 is 0 Å². The summed E-state index contributed by atoms with van der Waals surface area (Å²) in [6.07, 6.45) is 4.35. The molecule has 0 heterocycles. The molecular weight excluding hydrogens is 366 g/mol. The van der Waals surface area contributed by atoms with Gasteiger partial charge < -0.3 is 0 Å². The van der Waals surface area contributed by atoms with Crippen molar-refractivity contribution in [3.63, 3.8) is 0 Å². The molecule has 1 aliphatic carbocycles. The Morgan fingerprint density at radius 2 is 1.88 bits per heavy atom. The third-order valence-electron chi connectivity index (χ3n) is 4.77. The van der Waals surface area contributed by atoms with Gasteiger partial charge >= 0.3 is 0 Å². The van der Waals surface area contributed by atoms with E-state index in [1.54, 1.807) is 6.08 Å². The molecule has 3 rings (SSSR count). The van der Waals surface area contributed by atoms with E-state index in [-0.39, 0.29) is 22.5 Å². The Balaban J connectivity index is 1.99. The molecule has 0 amide bonds. The lowest BCUT2D eigenvalue weighted by Gasteiger charge is -2.30. The summed E-state index contributed by atoms with van der Waals surface area (Å²) in [7, 11) is 0. The van der Waals surface area contributed by atoms with Crippen molar-refractivity contribution in [1.29, 1.82) is 0 Å². The molecule has 0 aromatic heterocycles. The van der Waals surface area contributed by atoms with Gasteiger partial charge in [0.15, 0.2) is 0 Å².